The van der Waals surface area contributed by atoms with Crippen LogP contribution in [0.2, 0.25) is 0 Å². The number of carbonyl (C=O) groups is 2. The SMILES string of the molecule is CCCCCCCCCC(=O)NCN(O)C=O. The molecule has 0 atom stereocenters. The Bertz CT molecular complexity index is 210. The van der Waals surface area contributed by atoms with Crippen molar-refractivity contribution in [2.45, 2.75) is 58.3 Å². The molecule has 0 heterocycles. The zero-order valence-corrected chi connectivity index (χ0v) is 10.7. The van der Waals surface area contributed by atoms with Crippen molar-refractivity contribution in [3.63, 3.8) is 0 Å². The second-order valence-corrected chi connectivity index (χ2v) is 4.17. The number of amides is 2. The number of hydroxylamine groups is 2. The maximum absolute atomic E-state index is 11.2. The molecule has 0 aromatic carbocycles. The van der Waals surface area contributed by atoms with Crippen LogP contribution in [-0.4, -0.2) is 29.3 Å². The van der Waals surface area contributed by atoms with Gasteiger partial charge < -0.3 is 5.32 Å². The topological polar surface area (TPSA) is 69.6 Å². The smallest absolute Gasteiger partial charge is 0.234 e. The second-order valence-electron chi connectivity index (χ2n) is 4.17. The Kier molecular flexibility index (Phi) is 10.7. The lowest BCUT2D eigenvalue weighted by Gasteiger charge is -2.09. The first-order valence-corrected chi connectivity index (χ1v) is 6.38. The Morgan fingerprint density at radius 1 is 1.18 bits per heavy atom. The van der Waals surface area contributed by atoms with E-state index in [1.54, 1.807) is 0 Å². The van der Waals surface area contributed by atoms with Gasteiger partial charge in [0.15, 0.2) is 0 Å². The lowest BCUT2D eigenvalue weighted by Crippen LogP contribution is -2.34. The average Bonchev–Trinajstić information content (AvgIpc) is 2.34. The maximum atomic E-state index is 11.2. The summed E-state index contributed by atoms with van der Waals surface area (Å²) in [7, 11) is 0. The molecular formula is C12H24N2O3. The maximum Gasteiger partial charge on any atom is 0.234 e. The second kappa shape index (κ2) is 11.4. The summed E-state index contributed by atoms with van der Waals surface area (Å²) in [6.45, 7) is 2.05. The highest BCUT2D eigenvalue weighted by Crippen LogP contribution is 2.08. The Morgan fingerprint density at radius 2 is 1.76 bits per heavy atom. The molecule has 0 fully saturated rings. The van der Waals surface area contributed by atoms with Gasteiger partial charge in [0.1, 0.15) is 6.67 Å². The van der Waals surface area contributed by atoms with Crippen LogP contribution in [0.5, 0.6) is 0 Å². The number of carbonyl (C=O) groups excluding carboxylic acids is 2. The van der Waals surface area contributed by atoms with Gasteiger partial charge in [0, 0.05) is 6.42 Å². The quantitative estimate of drug-likeness (QED) is 0.192. The fourth-order valence-electron chi connectivity index (χ4n) is 1.54. The average molecular weight is 244 g/mol. The van der Waals surface area contributed by atoms with E-state index in [1.165, 1.54) is 32.1 Å². The summed E-state index contributed by atoms with van der Waals surface area (Å²) in [5.41, 5.74) is 0. The fraction of sp³-hybridized carbons (Fsp3) is 0.833. The van der Waals surface area contributed by atoms with Crippen LogP contribution in [0, 0.1) is 0 Å². The normalized spacial score (nSPS) is 10.0. The van der Waals surface area contributed by atoms with Crippen molar-refractivity contribution < 1.29 is 14.8 Å². The molecule has 0 bridgehead atoms. The molecular weight excluding hydrogens is 220 g/mol. The van der Waals surface area contributed by atoms with E-state index >= 15 is 0 Å². The molecule has 17 heavy (non-hydrogen) atoms. The summed E-state index contributed by atoms with van der Waals surface area (Å²) >= 11 is 0. The lowest BCUT2D eigenvalue weighted by atomic mass is 10.1. The Morgan fingerprint density at radius 3 is 2.35 bits per heavy atom. The summed E-state index contributed by atoms with van der Waals surface area (Å²) in [6, 6.07) is 0. The number of hydrogen-bond donors (Lipinski definition) is 2. The van der Waals surface area contributed by atoms with Crippen molar-refractivity contribution in [1.29, 1.82) is 0 Å². The molecule has 0 aliphatic carbocycles. The summed E-state index contributed by atoms with van der Waals surface area (Å²) in [5, 5.41) is 11.6. The summed E-state index contributed by atoms with van der Waals surface area (Å²) in [6.07, 6.45) is 8.88. The monoisotopic (exact) mass is 244 g/mol. The third kappa shape index (κ3) is 11.2. The van der Waals surface area contributed by atoms with Crippen LogP contribution in [0.3, 0.4) is 0 Å². The Balaban J connectivity index is 3.24. The molecule has 0 rings (SSSR count). The van der Waals surface area contributed by atoms with Crippen LogP contribution >= 0.6 is 0 Å². The van der Waals surface area contributed by atoms with Gasteiger partial charge in [0.05, 0.1) is 0 Å². The lowest BCUT2D eigenvalue weighted by molar-refractivity contribution is -0.152. The largest absolute Gasteiger partial charge is 0.336 e. The number of rotatable bonds is 11. The number of nitrogens with zero attached hydrogens (tertiary/aromatic N) is 1. The van der Waals surface area contributed by atoms with Crippen molar-refractivity contribution in [2.75, 3.05) is 6.67 Å². The highest BCUT2D eigenvalue weighted by molar-refractivity contribution is 5.75. The molecule has 0 aromatic heterocycles. The minimum atomic E-state index is -0.140. The number of nitrogens with one attached hydrogen (secondary N) is 1. The van der Waals surface area contributed by atoms with E-state index in [4.69, 9.17) is 5.21 Å². The van der Waals surface area contributed by atoms with E-state index in [0.29, 0.717) is 11.5 Å². The van der Waals surface area contributed by atoms with E-state index in [-0.39, 0.29) is 19.0 Å². The third-order valence-electron chi connectivity index (χ3n) is 2.57. The summed E-state index contributed by atoms with van der Waals surface area (Å²) < 4.78 is 0. The molecule has 100 valence electrons. The standard InChI is InChI=1S/C12H24N2O3/c1-2-3-4-5-6-7-8-9-12(16)13-10-14(17)11-15/h11,17H,2-10H2,1H3,(H,13,16). The third-order valence-corrected chi connectivity index (χ3v) is 2.57. The van der Waals surface area contributed by atoms with Gasteiger partial charge in [-0.25, -0.2) is 5.06 Å². The van der Waals surface area contributed by atoms with Crippen molar-refractivity contribution >= 4 is 12.3 Å². The molecule has 0 aromatic rings. The molecule has 2 N–H and O–H groups in total. The minimum Gasteiger partial charge on any atom is -0.336 e. The molecule has 0 radical (unpaired) electrons. The zero-order valence-electron chi connectivity index (χ0n) is 10.7. The van der Waals surface area contributed by atoms with Gasteiger partial charge >= 0.3 is 0 Å². The van der Waals surface area contributed by atoms with Crippen LogP contribution in [0.1, 0.15) is 58.3 Å². The van der Waals surface area contributed by atoms with E-state index in [9.17, 15) is 9.59 Å². The van der Waals surface area contributed by atoms with Crippen molar-refractivity contribution in [3.05, 3.63) is 0 Å². The van der Waals surface area contributed by atoms with Gasteiger partial charge in [0.2, 0.25) is 12.3 Å². The fourth-order valence-corrected chi connectivity index (χ4v) is 1.54. The molecule has 0 unspecified atom stereocenters. The highest BCUT2D eigenvalue weighted by Gasteiger charge is 2.02. The van der Waals surface area contributed by atoms with Gasteiger partial charge in [-0.1, -0.05) is 45.4 Å². The van der Waals surface area contributed by atoms with Crippen LogP contribution in [-0.2, 0) is 9.59 Å². The summed E-state index contributed by atoms with van der Waals surface area (Å²) in [4.78, 5) is 21.3. The van der Waals surface area contributed by atoms with E-state index < -0.39 is 0 Å². The minimum absolute atomic E-state index is 0.126. The van der Waals surface area contributed by atoms with Gasteiger partial charge in [-0.2, -0.15) is 0 Å². The molecule has 0 aliphatic rings. The molecule has 5 heteroatoms. The van der Waals surface area contributed by atoms with Crippen LogP contribution in [0.25, 0.3) is 0 Å². The molecule has 0 aliphatic heterocycles. The first-order valence-electron chi connectivity index (χ1n) is 6.38. The zero-order chi connectivity index (χ0) is 12.9. The molecule has 0 saturated heterocycles. The highest BCUT2D eigenvalue weighted by atomic mass is 16.5. The van der Waals surface area contributed by atoms with Crippen molar-refractivity contribution in [2.24, 2.45) is 0 Å². The Hall–Kier alpha value is -1.10. The summed E-state index contributed by atoms with van der Waals surface area (Å²) in [5.74, 6) is -0.126. The van der Waals surface area contributed by atoms with Crippen molar-refractivity contribution in [1.82, 2.24) is 10.4 Å². The van der Waals surface area contributed by atoms with Gasteiger partial charge in [-0.15, -0.1) is 0 Å². The molecule has 2 amide bonds. The van der Waals surface area contributed by atoms with Crippen molar-refractivity contribution in [3.8, 4) is 0 Å². The first kappa shape index (κ1) is 15.9. The first-order chi connectivity index (χ1) is 8.20. The van der Waals surface area contributed by atoms with Crippen LogP contribution < -0.4 is 5.32 Å². The van der Waals surface area contributed by atoms with Gasteiger partial charge in [0.25, 0.3) is 0 Å². The van der Waals surface area contributed by atoms with E-state index in [2.05, 4.69) is 12.2 Å². The molecule has 0 spiro atoms. The van der Waals surface area contributed by atoms with E-state index in [0.717, 1.165) is 12.8 Å². The number of hydrogen-bond acceptors (Lipinski definition) is 3. The van der Waals surface area contributed by atoms with Crippen LogP contribution in [0.15, 0.2) is 0 Å². The predicted octanol–water partition coefficient (Wildman–Crippen LogP) is 2.05. The molecule has 5 nitrogen and oxygen atoms in total. The number of unbranched alkanes of at least 4 members (excludes halogenated alkanes) is 6. The van der Waals surface area contributed by atoms with Crippen LogP contribution in [0.4, 0.5) is 0 Å². The van der Waals surface area contributed by atoms with E-state index in [1.807, 2.05) is 0 Å². The van der Waals surface area contributed by atoms with Gasteiger partial charge in [-0.3, -0.25) is 14.8 Å². The predicted molar refractivity (Wildman–Crippen MR) is 65.3 cm³/mol. The Labute approximate surface area is 103 Å². The van der Waals surface area contributed by atoms with Gasteiger partial charge in [-0.05, 0) is 6.42 Å². The molecule has 0 saturated carbocycles.